The van der Waals surface area contributed by atoms with E-state index in [1.165, 1.54) is 0 Å². The van der Waals surface area contributed by atoms with Crippen molar-refractivity contribution in [1.29, 1.82) is 0 Å². The smallest absolute Gasteiger partial charge is 0.392 e. The number of aliphatic carboxylic acids is 1. The van der Waals surface area contributed by atoms with Crippen LogP contribution in [0.1, 0.15) is 33.6 Å². The summed E-state index contributed by atoms with van der Waals surface area (Å²) in [7, 11) is 0. The number of nitrogens with two attached hydrogens (primary N) is 1. The van der Waals surface area contributed by atoms with E-state index >= 15 is 0 Å². The summed E-state index contributed by atoms with van der Waals surface area (Å²) in [5.41, 5.74) is 5.16. The van der Waals surface area contributed by atoms with Gasteiger partial charge in [-0.3, -0.25) is 4.79 Å². The maximum Gasteiger partial charge on any atom is 0.392 e. The molecule has 0 saturated carbocycles. The standard InChI is InChI=1S/C10H18F3NO2/c1-9(2,3)7(14)4-6(5-8(15)16)10(11,12)13/h6-7H,4-5,14H2,1-3H3,(H,15,16)/t6-,7-/m1/s1. The highest BCUT2D eigenvalue weighted by Gasteiger charge is 2.42. The van der Waals surface area contributed by atoms with Gasteiger partial charge in [-0.05, 0) is 11.8 Å². The Bertz CT molecular complexity index is 245. The van der Waals surface area contributed by atoms with Gasteiger partial charge in [-0.15, -0.1) is 0 Å². The highest BCUT2D eigenvalue weighted by atomic mass is 19.4. The van der Waals surface area contributed by atoms with Crippen molar-refractivity contribution in [2.24, 2.45) is 17.1 Å². The van der Waals surface area contributed by atoms with E-state index in [4.69, 9.17) is 10.8 Å². The van der Waals surface area contributed by atoms with Gasteiger partial charge in [-0.1, -0.05) is 20.8 Å². The van der Waals surface area contributed by atoms with E-state index in [1.54, 1.807) is 20.8 Å². The quantitative estimate of drug-likeness (QED) is 0.794. The Morgan fingerprint density at radius 2 is 1.75 bits per heavy atom. The zero-order chi connectivity index (χ0) is 13.1. The lowest BCUT2D eigenvalue weighted by molar-refractivity contribution is -0.186. The van der Waals surface area contributed by atoms with Crippen molar-refractivity contribution in [2.45, 2.75) is 45.8 Å². The SMILES string of the molecule is CC(C)(C)[C@H](N)C[C@H](CC(=O)O)C(F)(F)F. The fourth-order valence-corrected chi connectivity index (χ4v) is 1.20. The normalized spacial score (nSPS) is 16.9. The minimum absolute atomic E-state index is 0.362. The van der Waals surface area contributed by atoms with Gasteiger partial charge in [0, 0.05) is 6.04 Å². The number of rotatable bonds is 4. The van der Waals surface area contributed by atoms with Gasteiger partial charge in [-0.2, -0.15) is 13.2 Å². The first kappa shape index (κ1) is 15.2. The lowest BCUT2D eigenvalue weighted by Crippen LogP contribution is -2.40. The van der Waals surface area contributed by atoms with Crippen molar-refractivity contribution in [2.75, 3.05) is 0 Å². The molecule has 0 aliphatic rings. The third-order valence-corrected chi connectivity index (χ3v) is 2.53. The van der Waals surface area contributed by atoms with Gasteiger partial charge in [-0.25, -0.2) is 0 Å². The van der Waals surface area contributed by atoms with Crippen LogP contribution in [0.5, 0.6) is 0 Å². The van der Waals surface area contributed by atoms with E-state index in [2.05, 4.69) is 0 Å². The maximum atomic E-state index is 12.5. The van der Waals surface area contributed by atoms with Gasteiger partial charge in [0.2, 0.25) is 0 Å². The summed E-state index contributed by atoms with van der Waals surface area (Å²) in [6.45, 7) is 5.18. The van der Waals surface area contributed by atoms with Crippen molar-refractivity contribution in [1.82, 2.24) is 0 Å². The molecule has 0 heterocycles. The average Bonchev–Trinajstić information content (AvgIpc) is 1.98. The van der Waals surface area contributed by atoms with Crippen LogP contribution in [0, 0.1) is 11.3 Å². The van der Waals surface area contributed by atoms with E-state index in [0.29, 0.717) is 0 Å². The van der Waals surface area contributed by atoms with Crippen LogP contribution in [0.3, 0.4) is 0 Å². The topological polar surface area (TPSA) is 63.3 Å². The first-order chi connectivity index (χ1) is 6.94. The molecule has 0 aromatic rings. The number of hydrogen-bond donors (Lipinski definition) is 2. The first-order valence-electron chi connectivity index (χ1n) is 4.98. The molecule has 16 heavy (non-hydrogen) atoms. The van der Waals surface area contributed by atoms with Crippen molar-refractivity contribution in [3.8, 4) is 0 Å². The zero-order valence-electron chi connectivity index (χ0n) is 9.64. The number of hydrogen-bond acceptors (Lipinski definition) is 2. The Morgan fingerprint density at radius 1 is 1.31 bits per heavy atom. The fraction of sp³-hybridized carbons (Fsp3) is 0.900. The van der Waals surface area contributed by atoms with Crippen molar-refractivity contribution >= 4 is 5.97 Å². The summed E-state index contributed by atoms with van der Waals surface area (Å²) in [6, 6.07) is -0.682. The van der Waals surface area contributed by atoms with Crippen molar-refractivity contribution in [3.05, 3.63) is 0 Å². The minimum atomic E-state index is -4.51. The van der Waals surface area contributed by atoms with Gasteiger partial charge < -0.3 is 10.8 Å². The summed E-state index contributed by atoms with van der Waals surface area (Å²) in [5, 5.41) is 8.42. The van der Waals surface area contributed by atoms with Crippen LogP contribution in [0.25, 0.3) is 0 Å². The summed E-state index contributed by atoms with van der Waals surface area (Å²) < 4.78 is 37.5. The van der Waals surface area contributed by atoms with Gasteiger partial charge in [0.05, 0.1) is 12.3 Å². The monoisotopic (exact) mass is 241 g/mol. The van der Waals surface area contributed by atoms with Crippen molar-refractivity contribution < 1.29 is 23.1 Å². The maximum absolute atomic E-state index is 12.5. The predicted molar refractivity (Wildman–Crippen MR) is 53.8 cm³/mol. The molecule has 0 aromatic heterocycles. The molecule has 3 nitrogen and oxygen atoms in total. The molecule has 0 amide bonds. The summed E-state index contributed by atoms with van der Waals surface area (Å²) in [5.74, 6) is -3.33. The molecule has 0 unspecified atom stereocenters. The molecule has 0 fully saturated rings. The van der Waals surface area contributed by atoms with Gasteiger partial charge >= 0.3 is 12.1 Å². The first-order valence-corrected chi connectivity index (χ1v) is 4.98. The largest absolute Gasteiger partial charge is 0.481 e. The Balaban J connectivity index is 4.62. The Labute approximate surface area is 92.8 Å². The molecule has 0 bridgehead atoms. The van der Waals surface area contributed by atoms with Gasteiger partial charge in [0.15, 0.2) is 0 Å². The van der Waals surface area contributed by atoms with E-state index in [1.807, 2.05) is 0 Å². The molecular formula is C10H18F3NO2. The molecule has 3 N–H and O–H groups in total. The Hall–Kier alpha value is -0.780. The van der Waals surface area contributed by atoms with E-state index in [-0.39, 0.29) is 6.42 Å². The number of carboxylic acid groups (broad SMARTS) is 1. The van der Waals surface area contributed by atoms with Crippen LogP contribution in [-0.4, -0.2) is 23.3 Å². The average molecular weight is 241 g/mol. The Kier molecular flexibility index (Phi) is 4.79. The molecule has 0 aromatic carbocycles. The molecule has 6 heteroatoms. The number of carboxylic acids is 1. The lowest BCUT2D eigenvalue weighted by Gasteiger charge is -2.30. The van der Waals surface area contributed by atoms with Crippen LogP contribution in [0.4, 0.5) is 13.2 Å². The Morgan fingerprint density at radius 3 is 2.00 bits per heavy atom. The second kappa shape index (κ2) is 5.03. The molecule has 2 atom stereocenters. The summed E-state index contributed by atoms with van der Waals surface area (Å²) in [4.78, 5) is 10.3. The molecule has 0 aliphatic carbocycles. The predicted octanol–water partition coefficient (Wildman–Crippen LogP) is 2.40. The van der Waals surface area contributed by atoms with E-state index in [9.17, 15) is 18.0 Å². The molecule has 0 saturated heterocycles. The van der Waals surface area contributed by atoms with Crippen LogP contribution >= 0.6 is 0 Å². The molecule has 0 spiro atoms. The molecular weight excluding hydrogens is 223 g/mol. The van der Waals surface area contributed by atoms with Crippen LogP contribution in [0.2, 0.25) is 0 Å². The second-order valence-corrected chi connectivity index (χ2v) is 5.04. The lowest BCUT2D eigenvalue weighted by atomic mass is 9.81. The highest BCUT2D eigenvalue weighted by molar-refractivity contribution is 5.67. The minimum Gasteiger partial charge on any atom is -0.481 e. The molecule has 96 valence electrons. The summed E-state index contributed by atoms with van der Waals surface area (Å²) in [6.07, 6.45) is -5.80. The fourth-order valence-electron chi connectivity index (χ4n) is 1.20. The van der Waals surface area contributed by atoms with E-state index < -0.39 is 35.9 Å². The number of halogens is 3. The third-order valence-electron chi connectivity index (χ3n) is 2.53. The van der Waals surface area contributed by atoms with Gasteiger partial charge in [0.1, 0.15) is 0 Å². The highest BCUT2D eigenvalue weighted by Crippen LogP contribution is 2.35. The number of alkyl halides is 3. The van der Waals surface area contributed by atoms with Crippen LogP contribution < -0.4 is 5.73 Å². The van der Waals surface area contributed by atoms with Crippen molar-refractivity contribution in [3.63, 3.8) is 0 Å². The zero-order valence-corrected chi connectivity index (χ0v) is 9.64. The van der Waals surface area contributed by atoms with E-state index in [0.717, 1.165) is 0 Å². The van der Waals surface area contributed by atoms with Crippen LogP contribution in [0.15, 0.2) is 0 Å². The second-order valence-electron chi connectivity index (χ2n) is 5.04. The van der Waals surface area contributed by atoms with Crippen LogP contribution in [-0.2, 0) is 4.79 Å². The molecule has 0 radical (unpaired) electrons. The molecule has 0 aliphatic heterocycles. The summed E-state index contributed by atoms with van der Waals surface area (Å²) >= 11 is 0. The molecule has 0 rings (SSSR count). The number of carbonyl (C=O) groups is 1. The third kappa shape index (κ3) is 5.34. The van der Waals surface area contributed by atoms with Gasteiger partial charge in [0.25, 0.3) is 0 Å².